The number of ketones is 1. The highest BCUT2D eigenvalue weighted by molar-refractivity contribution is 7.85. The Morgan fingerprint density at radius 2 is 1.85 bits per heavy atom. The normalized spacial score (nSPS) is 13.8. The Bertz CT molecular complexity index is 526. The van der Waals surface area contributed by atoms with Crippen LogP contribution in [0.3, 0.4) is 0 Å². The average molecular weight is 295 g/mol. The Kier molecular flexibility index (Phi) is 6.07. The average Bonchev–Trinajstić information content (AvgIpc) is 2.35. The number of hydrogen-bond donors (Lipinski definition) is 1. The predicted octanol–water partition coefficient (Wildman–Crippen LogP) is 1.83. The van der Waals surface area contributed by atoms with E-state index in [-0.39, 0.29) is 23.4 Å². The molecule has 1 aromatic carbocycles. The third kappa shape index (κ3) is 4.56. The fraction of sp³-hybridized carbons (Fsp3) is 0.467. The number of aryl methyl sites for hydroxylation is 1. The number of carbonyl (C=O) groups is 2. The molecule has 0 saturated carbocycles. The molecule has 110 valence electrons. The van der Waals surface area contributed by atoms with Crippen molar-refractivity contribution in [3.8, 4) is 0 Å². The van der Waals surface area contributed by atoms with Crippen molar-refractivity contribution >= 4 is 22.5 Å². The first-order valence-electron chi connectivity index (χ1n) is 6.56. The van der Waals surface area contributed by atoms with Crippen LogP contribution in [0.25, 0.3) is 0 Å². The van der Waals surface area contributed by atoms with E-state index in [1.54, 1.807) is 12.1 Å². The topological polar surface area (TPSA) is 63.2 Å². The van der Waals surface area contributed by atoms with Crippen molar-refractivity contribution in [2.75, 3.05) is 5.75 Å². The SMILES string of the molecule is CC(=O)C(NC(=O)CS(=O)c1ccccc1C)C(C)C. The molecule has 1 rings (SSSR count). The number of benzene rings is 1. The van der Waals surface area contributed by atoms with Gasteiger partial charge in [0.25, 0.3) is 0 Å². The molecule has 0 aliphatic rings. The summed E-state index contributed by atoms with van der Waals surface area (Å²) in [4.78, 5) is 24.0. The zero-order valence-electron chi connectivity index (χ0n) is 12.3. The second kappa shape index (κ2) is 7.33. The van der Waals surface area contributed by atoms with Gasteiger partial charge in [0.05, 0.1) is 16.8 Å². The highest BCUT2D eigenvalue weighted by Crippen LogP contribution is 2.12. The van der Waals surface area contributed by atoms with E-state index in [1.165, 1.54) is 6.92 Å². The van der Waals surface area contributed by atoms with Crippen molar-refractivity contribution in [3.05, 3.63) is 29.8 Å². The highest BCUT2D eigenvalue weighted by atomic mass is 32.2. The van der Waals surface area contributed by atoms with Gasteiger partial charge in [-0.2, -0.15) is 0 Å². The number of amides is 1. The smallest absolute Gasteiger partial charge is 0.233 e. The molecule has 0 aliphatic heterocycles. The van der Waals surface area contributed by atoms with Crippen LogP contribution in [0.15, 0.2) is 29.2 Å². The first kappa shape index (κ1) is 16.6. The summed E-state index contributed by atoms with van der Waals surface area (Å²) in [7, 11) is -1.39. The molecule has 0 spiro atoms. The maximum Gasteiger partial charge on any atom is 0.233 e. The fourth-order valence-electron chi connectivity index (χ4n) is 1.96. The summed E-state index contributed by atoms with van der Waals surface area (Å²) >= 11 is 0. The molecule has 0 saturated heterocycles. The second-order valence-corrected chi connectivity index (χ2v) is 6.57. The Hall–Kier alpha value is -1.49. The number of hydrogen-bond acceptors (Lipinski definition) is 3. The molecule has 2 unspecified atom stereocenters. The summed E-state index contributed by atoms with van der Waals surface area (Å²) in [5, 5.41) is 2.65. The molecular weight excluding hydrogens is 274 g/mol. The quantitative estimate of drug-likeness (QED) is 0.871. The molecule has 4 nitrogen and oxygen atoms in total. The maximum atomic E-state index is 12.2. The van der Waals surface area contributed by atoms with Crippen molar-refractivity contribution < 1.29 is 13.8 Å². The Labute approximate surface area is 122 Å². The lowest BCUT2D eigenvalue weighted by molar-refractivity contribution is -0.126. The molecule has 5 heteroatoms. The maximum absolute atomic E-state index is 12.2. The summed E-state index contributed by atoms with van der Waals surface area (Å²) in [5.74, 6) is -0.555. The Morgan fingerprint density at radius 3 is 2.35 bits per heavy atom. The third-order valence-corrected chi connectivity index (χ3v) is 4.50. The minimum absolute atomic E-state index is 0.0170. The lowest BCUT2D eigenvalue weighted by Crippen LogP contribution is -2.45. The van der Waals surface area contributed by atoms with Gasteiger partial charge in [-0.3, -0.25) is 13.8 Å². The van der Waals surface area contributed by atoms with Crippen LogP contribution in [-0.2, 0) is 20.4 Å². The number of carbonyl (C=O) groups excluding carboxylic acids is 2. The number of nitrogens with one attached hydrogen (secondary N) is 1. The second-order valence-electron chi connectivity index (χ2n) is 5.16. The Balaban J connectivity index is 2.69. The summed E-state index contributed by atoms with van der Waals surface area (Å²) in [6.45, 7) is 7.04. The van der Waals surface area contributed by atoms with Crippen molar-refractivity contribution in [3.63, 3.8) is 0 Å². The molecule has 1 aromatic rings. The molecule has 0 fully saturated rings. The molecule has 0 aliphatic carbocycles. The molecule has 1 amide bonds. The van der Waals surface area contributed by atoms with E-state index in [0.29, 0.717) is 4.90 Å². The number of rotatable bonds is 6. The molecule has 0 radical (unpaired) electrons. The zero-order valence-corrected chi connectivity index (χ0v) is 13.1. The van der Waals surface area contributed by atoms with Crippen LogP contribution in [0.5, 0.6) is 0 Å². The van der Waals surface area contributed by atoms with Crippen LogP contribution in [0.2, 0.25) is 0 Å². The van der Waals surface area contributed by atoms with E-state index in [1.807, 2.05) is 32.9 Å². The lowest BCUT2D eigenvalue weighted by Gasteiger charge is -2.19. The van der Waals surface area contributed by atoms with Crippen LogP contribution in [-0.4, -0.2) is 27.7 Å². The highest BCUT2D eigenvalue weighted by Gasteiger charge is 2.22. The summed E-state index contributed by atoms with van der Waals surface area (Å²) in [6.07, 6.45) is 0. The van der Waals surface area contributed by atoms with Crippen LogP contribution >= 0.6 is 0 Å². The van der Waals surface area contributed by atoms with Gasteiger partial charge in [0, 0.05) is 4.90 Å². The van der Waals surface area contributed by atoms with E-state index in [0.717, 1.165) is 5.56 Å². The van der Waals surface area contributed by atoms with Gasteiger partial charge in [-0.05, 0) is 31.4 Å². The van der Waals surface area contributed by atoms with Gasteiger partial charge in [-0.25, -0.2) is 0 Å². The molecule has 20 heavy (non-hydrogen) atoms. The molecule has 2 atom stereocenters. The van der Waals surface area contributed by atoms with Crippen LogP contribution in [0, 0.1) is 12.8 Å². The van der Waals surface area contributed by atoms with Crippen molar-refractivity contribution in [2.45, 2.75) is 38.6 Å². The van der Waals surface area contributed by atoms with E-state index >= 15 is 0 Å². The first-order valence-corrected chi connectivity index (χ1v) is 7.88. The summed E-state index contributed by atoms with van der Waals surface area (Å²) in [5.41, 5.74) is 0.894. The fourth-order valence-corrected chi connectivity index (χ4v) is 3.10. The standard InChI is InChI=1S/C15H21NO3S/c1-10(2)15(12(4)17)16-14(18)9-20(19)13-8-6-5-7-11(13)3/h5-8,10,15H,9H2,1-4H3,(H,16,18). The van der Waals surface area contributed by atoms with Gasteiger partial charge < -0.3 is 5.32 Å². The predicted molar refractivity (Wildman–Crippen MR) is 79.9 cm³/mol. The van der Waals surface area contributed by atoms with Crippen molar-refractivity contribution in [1.29, 1.82) is 0 Å². The van der Waals surface area contributed by atoms with E-state index < -0.39 is 16.8 Å². The van der Waals surface area contributed by atoms with Gasteiger partial charge in [-0.1, -0.05) is 32.0 Å². The van der Waals surface area contributed by atoms with Gasteiger partial charge in [-0.15, -0.1) is 0 Å². The molecule has 0 bridgehead atoms. The van der Waals surface area contributed by atoms with Crippen molar-refractivity contribution in [2.24, 2.45) is 5.92 Å². The third-order valence-electron chi connectivity index (χ3n) is 3.02. The minimum Gasteiger partial charge on any atom is -0.345 e. The summed E-state index contributed by atoms with van der Waals surface area (Å²) in [6, 6.07) is 6.75. The van der Waals surface area contributed by atoms with Crippen LogP contribution in [0.1, 0.15) is 26.3 Å². The van der Waals surface area contributed by atoms with E-state index in [4.69, 9.17) is 0 Å². The largest absolute Gasteiger partial charge is 0.345 e. The lowest BCUT2D eigenvalue weighted by atomic mass is 10.0. The molecule has 0 heterocycles. The monoisotopic (exact) mass is 295 g/mol. The minimum atomic E-state index is -1.39. The molecule has 1 N–H and O–H groups in total. The molecular formula is C15H21NO3S. The van der Waals surface area contributed by atoms with Gasteiger partial charge in [0.2, 0.25) is 5.91 Å². The van der Waals surface area contributed by atoms with Crippen LogP contribution in [0.4, 0.5) is 0 Å². The van der Waals surface area contributed by atoms with E-state index in [9.17, 15) is 13.8 Å². The van der Waals surface area contributed by atoms with Crippen LogP contribution < -0.4 is 5.32 Å². The van der Waals surface area contributed by atoms with Gasteiger partial charge in [0.15, 0.2) is 5.78 Å². The van der Waals surface area contributed by atoms with Gasteiger partial charge >= 0.3 is 0 Å². The summed E-state index contributed by atoms with van der Waals surface area (Å²) < 4.78 is 12.2. The number of Topliss-reactive ketones (excluding diaryl/α,β-unsaturated/α-hetero) is 1. The first-order chi connectivity index (χ1) is 9.32. The Morgan fingerprint density at radius 1 is 1.25 bits per heavy atom. The van der Waals surface area contributed by atoms with Gasteiger partial charge in [0.1, 0.15) is 5.75 Å². The molecule has 0 aromatic heterocycles. The zero-order chi connectivity index (χ0) is 15.3. The van der Waals surface area contributed by atoms with Crippen molar-refractivity contribution in [1.82, 2.24) is 5.32 Å². The van der Waals surface area contributed by atoms with E-state index in [2.05, 4.69) is 5.32 Å².